The zero-order valence-electron chi connectivity index (χ0n) is 15.0. The van der Waals surface area contributed by atoms with Crippen LogP contribution in [0.1, 0.15) is 5.56 Å². The van der Waals surface area contributed by atoms with Gasteiger partial charge in [-0.1, -0.05) is 17.7 Å². The SMILES string of the molecule is COc1ccc(S(=O)(=O)Nc2ccn(Cc3c(F)cccc3Cl)n2)cc1OC. The standard InChI is InChI=1S/C18H17ClFN3O4S/c1-26-16-7-6-12(10-17(16)27-2)28(24,25)22-18-8-9-23(21-18)11-13-14(19)4-3-5-15(13)20/h3-10H,11H2,1-2H3,(H,21,22). The van der Waals surface area contributed by atoms with Gasteiger partial charge in [0.05, 0.1) is 25.7 Å². The van der Waals surface area contributed by atoms with E-state index in [0.29, 0.717) is 5.75 Å². The fraction of sp³-hybridized carbons (Fsp3) is 0.167. The molecular formula is C18H17ClFN3O4S. The highest BCUT2D eigenvalue weighted by atomic mass is 35.5. The number of halogens is 2. The first kappa shape index (κ1) is 20.0. The first-order valence-corrected chi connectivity index (χ1v) is 9.91. The summed E-state index contributed by atoms with van der Waals surface area (Å²) in [5.41, 5.74) is 0.265. The Bertz CT molecular complexity index is 1080. The largest absolute Gasteiger partial charge is 0.493 e. The van der Waals surface area contributed by atoms with Gasteiger partial charge in [-0.25, -0.2) is 12.8 Å². The molecule has 0 bridgehead atoms. The van der Waals surface area contributed by atoms with Gasteiger partial charge >= 0.3 is 0 Å². The van der Waals surface area contributed by atoms with Crippen molar-refractivity contribution in [3.63, 3.8) is 0 Å². The highest BCUT2D eigenvalue weighted by Crippen LogP contribution is 2.30. The van der Waals surface area contributed by atoms with Crippen molar-refractivity contribution >= 4 is 27.4 Å². The number of ether oxygens (including phenoxy) is 2. The Morgan fingerprint density at radius 1 is 1.14 bits per heavy atom. The fourth-order valence-corrected chi connectivity index (χ4v) is 3.76. The Morgan fingerprint density at radius 2 is 1.89 bits per heavy atom. The first-order chi connectivity index (χ1) is 13.3. The monoisotopic (exact) mass is 425 g/mol. The van der Waals surface area contributed by atoms with Crippen molar-refractivity contribution in [3.8, 4) is 11.5 Å². The summed E-state index contributed by atoms with van der Waals surface area (Å²) in [4.78, 5) is -0.0168. The normalized spacial score (nSPS) is 11.3. The van der Waals surface area contributed by atoms with Crippen LogP contribution in [0.15, 0.2) is 53.6 Å². The van der Waals surface area contributed by atoms with Crippen molar-refractivity contribution in [1.29, 1.82) is 0 Å². The van der Waals surface area contributed by atoms with E-state index in [2.05, 4.69) is 9.82 Å². The summed E-state index contributed by atoms with van der Waals surface area (Å²) >= 11 is 6.01. The lowest BCUT2D eigenvalue weighted by molar-refractivity contribution is 0.354. The lowest BCUT2D eigenvalue weighted by Gasteiger charge is -2.10. The van der Waals surface area contributed by atoms with E-state index >= 15 is 0 Å². The number of sulfonamides is 1. The van der Waals surface area contributed by atoms with Crippen LogP contribution in [0.5, 0.6) is 11.5 Å². The van der Waals surface area contributed by atoms with Crippen LogP contribution in [0.3, 0.4) is 0 Å². The van der Waals surface area contributed by atoms with Crippen molar-refractivity contribution in [3.05, 3.63) is 65.1 Å². The molecule has 0 unspecified atom stereocenters. The van der Waals surface area contributed by atoms with Crippen molar-refractivity contribution < 1.29 is 22.3 Å². The van der Waals surface area contributed by atoms with Gasteiger partial charge in [-0.05, 0) is 24.3 Å². The predicted octanol–water partition coefficient (Wildman–Crippen LogP) is 3.54. The van der Waals surface area contributed by atoms with E-state index in [0.717, 1.165) is 0 Å². The van der Waals surface area contributed by atoms with E-state index < -0.39 is 15.8 Å². The zero-order valence-corrected chi connectivity index (χ0v) is 16.6. The first-order valence-electron chi connectivity index (χ1n) is 8.05. The quantitative estimate of drug-likeness (QED) is 0.626. The molecular weight excluding hydrogens is 409 g/mol. The van der Waals surface area contributed by atoms with E-state index in [1.54, 1.807) is 6.07 Å². The predicted molar refractivity (Wildman–Crippen MR) is 103 cm³/mol. The van der Waals surface area contributed by atoms with Gasteiger partial charge in [-0.3, -0.25) is 9.40 Å². The average molecular weight is 426 g/mol. The third-order valence-electron chi connectivity index (χ3n) is 3.93. The minimum absolute atomic E-state index is 0.0168. The second kappa shape index (κ2) is 8.07. The van der Waals surface area contributed by atoms with Crippen LogP contribution in [0, 0.1) is 5.82 Å². The highest BCUT2D eigenvalue weighted by molar-refractivity contribution is 7.92. The molecule has 0 aliphatic carbocycles. The van der Waals surface area contributed by atoms with E-state index in [1.807, 2.05) is 0 Å². The molecule has 3 aromatic rings. The minimum Gasteiger partial charge on any atom is -0.493 e. The molecule has 28 heavy (non-hydrogen) atoms. The number of methoxy groups -OCH3 is 2. The van der Waals surface area contributed by atoms with Gasteiger partial charge in [-0.2, -0.15) is 5.10 Å². The summed E-state index contributed by atoms with van der Waals surface area (Å²) in [6.07, 6.45) is 1.52. The van der Waals surface area contributed by atoms with Gasteiger partial charge < -0.3 is 9.47 Å². The fourth-order valence-electron chi connectivity index (χ4n) is 2.53. The molecule has 0 amide bonds. The topological polar surface area (TPSA) is 82.5 Å². The van der Waals surface area contributed by atoms with Gasteiger partial charge in [0.25, 0.3) is 10.0 Å². The number of hydrogen-bond acceptors (Lipinski definition) is 5. The van der Waals surface area contributed by atoms with E-state index in [4.69, 9.17) is 21.1 Å². The average Bonchev–Trinajstić information content (AvgIpc) is 3.10. The number of benzene rings is 2. The Morgan fingerprint density at radius 3 is 2.57 bits per heavy atom. The maximum absolute atomic E-state index is 13.9. The summed E-state index contributed by atoms with van der Waals surface area (Å²) < 4.78 is 53.1. The van der Waals surface area contributed by atoms with Gasteiger partial charge in [0, 0.05) is 28.9 Å². The second-order valence-corrected chi connectivity index (χ2v) is 7.81. The number of rotatable bonds is 7. The highest BCUT2D eigenvalue weighted by Gasteiger charge is 2.18. The van der Waals surface area contributed by atoms with E-state index in [9.17, 15) is 12.8 Å². The van der Waals surface area contributed by atoms with E-state index in [-0.39, 0.29) is 33.6 Å². The maximum atomic E-state index is 13.9. The molecule has 0 fully saturated rings. The molecule has 2 aromatic carbocycles. The molecule has 0 radical (unpaired) electrons. The molecule has 0 saturated carbocycles. The van der Waals surface area contributed by atoms with Gasteiger partial charge in [0.2, 0.25) is 0 Å². The van der Waals surface area contributed by atoms with Crippen LogP contribution in [-0.4, -0.2) is 32.4 Å². The third kappa shape index (κ3) is 4.20. The van der Waals surface area contributed by atoms with Gasteiger partial charge in [0.1, 0.15) is 5.82 Å². The third-order valence-corrected chi connectivity index (χ3v) is 5.63. The number of hydrogen-bond donors (Lipinski definition) is 1. The van der Waals surface area contributed by atoms with E-state index in [1.165, 1.54) is 61.5 Å². The Labute approximate surface area is 166 Å². The molecule has 1 aromatic heterocycles. The molecule has 148 valence electrons. The van der Waals surface area contributed by atoms with Crippen LogP contribution < -0.4 is 14.2 Å². The molecule has 0 atom stereocenters. The van der Waals surface area contributed by atoms with Crippen molar-refractivity contribution in [2.24, 2.45) is 0 Å². The van der Waals surface area contributed by atoms with Crippen LogP contribution >= 0.6 is 11.6 Å². The smallest absolute Gasteiger partial charge is 0.263 e. The minimum atomic E-state index is -3.91. The summed E-state index contributed by atoms with van der Waals surface area (Å²) in [5.74, 6) is 0.315. The lowest BCUT2D eigenvalue weighted by atomic mass is 10.2. The number of aromatic nitrogens is 2. The Balaban J connectivity index is 1.81. The van der Waals surface area contributed by atoms with Crippen molar-refractivity contribution in [1.82, 2.24) is 9.78 Å². The summed E-state index contributed by atoms with van der Waals surface area (Å²) in [6, 6.07) is 10.1. The number of anilines is 1. The summed E-state index contributed by atoms with van der Waals surface area (Å²) in [5, 5.41) is 4.39. The molecule has 7 nitrogen and oxygen atoms in total. The molecule has 0 aliphatic rings. The molecule has 10 heteroatoms. The Hall–Kier alpha value is -2.78. The lowest BCUT2D eigenvalue weighted by Crippen LogP contribution is -2.14. The zero-order chi connectivity index (χ0) is 20.3. The van der Waals surface area contributed by atoms with Gasteiger partial charge in [-0.15, -0.1) is 0 Å². The van der Waals surface area contributed by atoms with Crippen molar-refractivity contribution in [2.45, 2.75) is 11.4 Å². The molecule has 0 aliphatic heterocycles. The molecule has 1 heterocycles. The van der Waals surface area contributed by atoms with Crippen LogP contribution in [0.25, 0.3) is 0 Å². The van der Waals surface area contributed by atoms with Crippen molar-refractivity contribution in [2.75, 3.05) is 18.9 Å². The van der Waals surface area contributed by atoms with Gasteiger partial charge in [0.15, 0.2) is 17.3 Å². The number of nitrogens with one attached hydrogen (secondary N) is 1. The van der Waals surface area contributed by atoms with Crippen LogP contribution in [-0.2, 0) is 16.6 Å². The Kier molecular flexibility index (Phi) is 5.76. The second-order valence-electron chi connectivity index (χ2n) is 5.72. The van der Waals surface area contributed by atoms with Crippen LogP contribution in [0.2, 0.25) is 5.02 Å². The number of nitrogens with zero attached hydrogens (tertiary/aromatic N) is 2. The summed E-state index contributed by atoms with van der Waals surface area (Å²) in [7, 11) is -1.04. The molecule has 0 spiro atoms. The molecule has 0 saturated heterocycles. The molecule has 3 rings (SSSR count). The molecule has 1 N–H and O–H groups in total. The van der Waals surface area contributed by atoms with Crippen LogP contribution in [0.4, 0.5) is 10.2 Å². The summed E-state index contributed by atoms with van der Waals surface area (Å²) in [6.45, 7) is 0.0591. The maximum Gasteiger partial charge on any atom is 0.263 e.